The third kappa shape index (κ3) is 55.0. The number of carbonyl (C=O) groups is 3. The van der Waals surface area contributed by atoms with E-state index in [1.165, 1.54) is 244 Å². The summed E-state index contributed by atoms with van der Waals surface area (Å²) in [5, 5.41) is 0. The molecule has 0 aliphatic rings. The lowest BCUT2D eigenvalue weighted by Gasteiger charge is -2.18. The van der Waals surface area contributed by atoms with Crippen LogP contribution in [0, 0.1) is 0 Å². The number of esters is 3. The molecule has 0 aromatic carbocycles. The van der Waals surface area contributed by atoms with Crippen molar-refractivity contribution in [2.75, 3.05) is 13.2 Å². The second kappa shape index (κ2) is 56.7. The third-order valence-corrected chi connectivity index (χ3v) is 13.8. The number of unbranched alkanes of at least 4 members (excludes halogenated alkanes) is 43. The summed E-state index contributed by atoms with van der Waals surface area (Å²) in [4.78, 5) is 38.2. The molecule has 0 aromatic rings. The van der Waals surface area contributed by atoms with Crippen molar-refractivity contribution in [3.05, 3.63) is 12.2 Å². The van der Waals surface area contributed by atoms with Gasteiger partial charge < -0.3 is 14.2 Å². The van der Waals surface area contributed by atoms with Crippen LogP contribution in [0.3, 0.4) is 0 Å². The summed E-state index contributed by atoms with van der Waals surface area (Å²) < 4.78 is 16.9. The third-order valence-electron chi connectivity index (χ3n) is 13.8. The van der Waals surface area contributed by atoms with E-state index in [1.54, 1.807) is 0 Å². The van der Waals surface area contributed by atoms with Gasteiger partial charge in [0.1, 0.15) is 13.2 Å². The Morgan fingerprint density at radius 2 is 0.493 bits per heavy atom. The lowest BCUT2D eigenvalue weighted by Crippen LogP contribution is -2.30. The summed E-state index contributed by atoms with van der Waals surface area (Å²) in [6.45, 7) is 6.69. The van der Waals surface area contributed by atoms with Crippen LogP contribution in [0.5, 0.6) is 0 Å². The fourth-order valence-corrected chi connectivity index (χ4v) is 9.21. The van der Waals surface area contributed by atoms with Gasteiger partial charge >= 0.3 is 17.9 Å². The Balaban J connectivity index is 4.31. The number of hydrogen-bond acceptors (Lipinski definition) is 6. The summed E-state index contributed by atoms with van der Waals surface area (Å²) in [6, 6.07) is 0. The Morgan fingerprint density at radius 3 is 0.761 bits per heavy atom. The van der Waals surface area contributed by atoms with Crippen LogP contribution in [0.25, 0.3) is 0 Å². The standard InChI is InChI=1S/C61H116O6/c1-4-7-10-13-16-19-22-25-28-30-33-36-39-42-45-48-51-54-60(63)66-57-58(56-65-59(62)53-50-47-44-41-38-35-32-27-24-21-18-15-12-9-6-3)67-61(64)55-52-49-46-43-40-37-34-31-29-26-23-20-17-14-11-8-5-2/h21,24,58H,4-20,22-23,25-57H2,1-3H3/b24-21-. The SMILES string of the molecule is CCCCCC/C=C\CCCCCCCCCC(=O)OCC(COC(=O)CCCCCCCCCCCCCCCCCCC)OC(=O)CCCCCCCCCCCCCCCCCCC. The number of allylic oxidation sites excluding steroid dienone is 2. The molecule has 0 aromatic heterocycles. The monoisotopic (exact) mass is 945 g/mol. The van der Waals surface area contributed by atoms with Crippen LogP contribution in [0.2, 0.25) is 0 Å². The van der Waals surface area contributed by atoms with Crippen LogP contribution in [-0.2, 0) is 28.6 Å². The minimum absolute atomic E-state index is 0.0649. The van der Waals surface area contributed by atoms with E-state index in [9.17, 15) is 14.4 Å². The van der Waals surface area contributed by atoms with Crippen molar-refractivity contribution in [1.82, 2.24) is 0 Å². The van der Waals surface area contributed by atoms with Gasteiger partial charge in [-0.1, -0.05) is 290 Å². The molecule has 0 heterocycles. The van der Waals surface area contributed by atoms with Crippen molar-refractivity contribution in [2.24, 2.45) is 0 Å². The van der Waals surface area contributed by atoms with E-state index in [-0.39, 0.29) is 31.1 Å². The van der Waals surface area contributed by atoms with Crippen molar-refractivity contribution in [3.63, 3.8) is 0 Å². The normalized spacial score (nSPS) is 12.0. The quantitative estimate of drug-likeness (QED) is 0.0262. The van der Waals surface area contributed by atoms with Gasteiger partial charge in [0, 0.05) is 19.3 Å². The molecule has 0 aliphatic heterocycles. The summed E-state index contributed by atoms with van der Waals surface area (Å²) in [5.74, 6) is -0.842. The highest BCUT2D eigenvalue weighted by molar-refractivity contribution is 5.71. The smallest absolute Gasteiger partial charge is 0.306 e. The van der Waals surface area contributed by atoms with E-state index >= 15 is 0 Å². The van der Waals surface area contributed by atoms with Crippen LogP contribution in [-0.4, -0.2) is 37.2 Å². The number of ether oxygens (including phenoxy) is 3. The van der Waals surface area contributed by atoms with Crippen LogP contribution in [0.4, 0.5) is 0 Å². The van der Waals surface area contributed by atoms with Gasteiger partial charge in [-0.15, -0.1) is 0 Å². The molecule has 0 bridgehead atoms. The Kier molecular flexibility index (Phi) is 55.2. The predicted molar refractivity (Wildman–Crippen MR) is 289 cm³/mol. The zero-order chi connectivity index (χ0) is 48.6. The Bertz CT molecular complexity index is 1040. The maximum atomic E-state index is 12.9. The summed E-state index contributed by atoms with van der Waals surface area (Å²) in [6.07, 6.45) is 64.9. The van der Waals surface area contributed by atoms with Gasteiger partial charge in [0.15, 0.2) is 6.10 Å². The zero-order valence-electron chi connectivity index (χ0n) is 45.5. The molecule has 0 rings (SSSR count). The van der Waals surface area contributed by atoms with Gasteiger partial charge in [0.05, 0.1) is 0 Å². The first-order chi connectivity index (χ1) is 33.0. The minimum atomic E-state index is -0.766. The summed E-state index contributed by atoms with van der Waals surface area (Å²) >= 11 is 0. The molecule has 0 N–H and O–H groups in total. The Hall–Kier alpha value is -1.85. The van der Waals surface area contributed by atoms with Crippen molar-refractivity contribution < 1.29 is 28.6 Å². The van der Waals surface area contributed by atoms with Crippen molar-refractivity contribution in [1.29, 1.82) is 0 Å². The molecule has 1 unspecified atom stereocenters. The molecule has 6 nitrogen and oxygen atoms in total. The van der Waals surface area contributed by atoms with Crippen LogP contribution >= 0.6 is 0 Å². The van der Waals surface area contributed by atoms with Gasteiger partial charge in [-0.3, -0.25) is 14.4 Å². The fraction of sp³-hybridized carbons (Fsp3) is 0.918. The molecule has 396 valence electrons. The molecule has 0 radical (unpaired) electrons. The van der Waals surface area contributed by atoms with E-state index < -0.39 is 6.10 Å². The van der Waals surface area contributed by atoms with Crippen LogP contribution in [0.15, 0.2) is 12.2 Å². The highest BCUT2D eigenvalue weighted by atomic mass is 16.6. The second-order valence-corrected chi connectivity index (χ2v) is 20.6. The molecular formula is C61H116O6. The minimum Gasteiger partial charge on any atom is -0.462 e. The number of carbonyl (C=O) groups excluding carboxylic acids is 3. The summed E-state index contributed by atoms with van der Waals surface area (Å²) in [5.41, 5.74) is 0. The molecule has 0 saturated carbocycles. The fourth-order valence-electron chi connectivity index (χ4n) is 9.21. The topological polar surface area (TPSA) is 78.9 Å². The van der Waals surface area contributed by atoms with E-state index in [0.717, 1.165) is 57.8 Å². The average Bonchev–Trinajstić information content (AvgIpc) is 3.33. The van der Waals surface area contributed by atoms with E-state index in [2.05, 4.69) is 32.9 Å². The largest absolute Gasteiger partial charge is 0.462 e. The summed E-state index contributed by atoms with van der Waals surface area (Å²) in [7, 11) is 0. The number of rotatable bonds is 56. The lowest BCUT2D eigenvalue weighted by molar-refractivity contribution is -0.167. The maximum absolute atomic E-state index is 12.9. The zero-order valence-corrected chi connectivity index (χ0v) is 45.5. The Morgan fingerprint density at radius 1 is 0.284 bits per heavy atom. The van der Waals surface area contributed by atoms with Crippen LogP contribution < -0.4 is 0 Å². The molecule has 0 spiro atoms. The number of hydrogen-bond donors (Lipinski definition) is 0. The maximum Gasteiger partial charge on any atom is 0.306 e. The van der Waals surface area contributed by atoms with Crippen molar-refractivity contribution in [2.45, 2.75) is 348 Å². The average molecular weight is 946 g/mol. The lowest BCUT2D eigenvalue weighted by atomic mass is 10.0. The molecule has 0 saturated heterocycles. The Labute approximate surface area is 418 Å². The highest BCUT2D eigenvalue weighted by Crippen LogP contribution is 2.18. The molecule has 0 amide bonds. The molecule has 1 atom stereocenters. The van der Waals surface area contributed by atoms with E-state index in [4.69, 9.17) is 14.2 Å². The van der Waals surface area contributed by atoms with Gasteiger partial charge in [0.25, 0.3) is 0 Å². The highest BCUT2D eigenvalue weighted by Gasteiger charge is 2.19. The first-order valence-corrected chi connectivity index (χ1v) is 30.2. The van der Waals surface area contributed by atoms with Gasteiger partial charge in [0.2, 0.25) is 0 Å². The molecule has 6 heteroatoms. The predicted octanol–water partition coefficient (Wildman–Crippen LogP) is 20.1. The first kappa shape index (κ1) is 65.1. The molecule has 0 fully saturated rings. The molecule has 67 heavy (non-hydrogen) atoms. The van der Waals surface area contributed by atoms with E-state index in [0.29, 0.717) is 19.3 Å². The van der Waals surface area contributed by atoms with Gasteiger partial charge in [-0.2, -0.15) is 0 Å². The van der Waals surface area contributed by atoms with Crippen LogP contribution in [0.1, 0.15) is 342 Å². The van der Waals surface area contributed by atoms with E-state index in [1.807, 2.05) is 0 Å². The van der Waals surface area contributed by atoms with Gasteiger partial charge in [-0.05, 0) is 44.9 Å². The first-order valence-electron chi connectivity index (χ1n) is 30.2. The van der Waals surface area contributed by atoms with Gasteiger partial charge in [-0.25, -0.2) is 0 Å². The van der Waals surface area contributed by atoms with Crippen molar-refractivity contribution in [3.8, 4) is 0 Å². The second-order valence-electron chi connectivity index (χ2n) is 20.6. The molecular weight excluding hydrogens is 829 g/mol. The molecule has 0 aliphatic carbocycles. The van der Waals surface area contributed by atoms with Crippen molar-refractivity contribution >= 4 is 17.9 Å².